The third kappa shape index (κ3) is 4.72. The Morgan fingerprint density at radius 3 is 1.93 bits per heavy atom. The Morgan fingerprint density at radius 2 is 1.56 bits per heavy atom. The van der Waals surface area contributed by atoms with E-state index in [0.717, 1.165) is 5.56 Å². The second kappa shape index (κ2) is 9.49. The quantitative estimate of drug-likeness (QED) is 0.190. The van der Waals surface area contributed by atoms with Crippen molar-refractivity contribution in [2.24, 2.45) is 0 Å². The predicted octanol–water partition coefficient (Wildman–Crippen LogP) is 4.95. The van der Waals surface area contributed by atoms with E-state index < -0.39 is 23.0 Å². The first kappa shape index (κ1) is 22.3. The summed E-state index contributed by atoms with van der Waals surface area (Å²) in [6.45, 7) is 3.21. The highest BCUT2D eigenvalue weighted by Gasteiger charge is 2.54. The highest BCUT2D eigenvalue weighted by molar-refractivity contribution is 14.2. The van der Waals surface area contributed by atoms with Gasteiger partial charge in [0.05, 0.1) is 0 Å². The Hall–Kier alpha value is -0.970. The molecule has 0 heterocycles. The first-order valence-corrected chi connectivity index (χ1v) is 11.3. The molecule has 0 amide bonds. The zero-order valence-electron chi connectivity index (χ0n) is 14.5. The first-order chi connectivity index (χ1) is 12.7. The number of ether oxygens (including phenoxy) is 1. The first-order valence-electron chi connectivity index (χ1n) is 7.83. The van der Waals surface area contributed by atoms with Crippen LogP contribution in [-0.4, -0.2) is 35.5 Å². The van der Waals surface area contributed by atoms with Crippen molar-refractivity contribution in [3.8, 4) is 17.2 Å². The minimum Gasteiger partial charge on any atom is -0.508 e. The summed E-state index contributed by atoms with van der Waals surface area (Å²) in [4.78, 5) is 24.5. The number of nitrogens with zero attached hydrogens (tertiary/aromatic N) is 1. The minimum absolute atomic E-state index is 0.154. The highest BCUT2D eigenvalue weighted by Crippen LogP contribution is 2.48. The largest absolute Gasteiger partial charge is 0.508 e. The van der Waals surface area contributed by atoms with E-state index in [0.29, 0.717) is 11.5 Å². The molecule has 27 heavy (non-hydrogen) atoms. The zero-order chi connectivity index (χ0) is 20.2. The van der Waals surface area contributed by atoms with Gasteiger partial charge in [-0.1, -0.05) is 12.1 Å². The monoisotopic (exact) mass is 613 g/mol. The van der Waals surface area contributed by atoms with Gasteiger partial charge in [-0.15, -0.1) is 8.58 Å². The molecule has 3 atom stereocenters. The number of aromatic hydroxyl groups is 1. The molecule has 0 aromatic heterocycles. The number of carbonyl (C=O) groups excluding carboxylic acids is 1. The molecular weight excluding hydrogens is 595 g/mol. The SMILES string of the molecule is CPC(c1ccc(Oc2ccc(O)cc2)cc1)[C@@](C(C)=O)(C(=O)O)N(I)I. The minimum atomic E-state index is -1.65. The van der Waals surface area contributed by atoms with E-state index in [1.165, 1.54) is 20.4 Å². The molecule has 2 aromatic carbocycles. The average molecular weight is 613 g/mol. The van der Waals surface area contributed by atoms with E-state index in [1.54, 1.807) is 36.4 Å². The number of hydrogen-bond acceptors (Lipinski definition) is 5. The summed E-state index contributed by atoms with van der Waals surface area (Å²) in [5, 5.41) is 19.2. The predicted molar refractivity (Wildman–Crippen MR) is 123 cm³/mol. The highest BCUT2D eigenvalue weighted by atomic mass is 127. The Kier molecular flexibility index (Phi) is 7.84. The number of phenolic OH excluding ortho intramolecular Hbond substituents is 1. The molecular formula is C18H18I2NO5P. The second-order valence-electron chi connectivity index (χ2n) is 5.75. The maximum Gasteiger partial charge on any atom is 0.334 e. The van der Waals surface area contributed by atoms with E-state index in [-0.39, 0.29) is 14.3 Å². The third-order valence-corrected chi connectivity index (χ3v) is 6.97. The standard InChI is InChI=1S/C18H18I2NO5P/c1-11(22)18(17(24)25,21(19)20)16(27-2)12-3-7-14(8-4-12)26-15-9-5-13(23)6-10-15/h3-10,16,23,27H,1-2H3,(H,24,25)/t16?,18-/m0/s1. The van der Waals surface area contributed by atoms with E-state index in [9.17, 15) is 19.8 Å². The normalized spacial score (nSPS) is 14.9. The molecule has 6 nitrogen and oxygen atoms in total. The maximum atomic E-state index is 12.4. The summed E-state index contributed by atoms with van der Waals surface area (Å²) in [5.74, 6) is -0.276. The van der Waals surface area contributed by atoms with E-state index in [2.05, 4.69) is 0 Å². The Morgan fingerprint density at radius 1 is 1.07 bits per heavy atom. The fourth-order valence-corrected chi connectivity index (χ4v) is 6.34. The van der Waals surface area contributed by atoms with Crippen molar-refractivity contribution >= 4 is 66.1 Å². The molecule has 2 unspecified atom stereocenters. The molecule has 9 heteroatoms. The second-order valence-corrected chi connectivity index (χ2v) is 10.7. The van der Waals surface area contributed by atoms with Crippen LogP contribution in [0.5, 0.6) is 17.2 Å². The molecule has 0 spiro atoms. The topological polar surface area (TPSA) is 87.1 Å². The maximum absolute atomic E-state index is 12.4. The van der Waals surface area contributed by atoms with Crippen LogP contribution < -0.4 is 4.74 Å². The smallest absolute Gasteiger partial charge is 0.334 e. The van der Waals surface area contributed by atoms with E-state index in [1.807, 2.05) is 52.4 Å². The molecule has 0 saturated carbocycles. The molecule has 2 rings (SSSR count). The van der Waals surface area contributed by atoms with Gasteiger partial charge in [0.1, 0.15) is 17.2 Å². The number of carbonyl (C=O) groups is 2. The van der Waals surface area contributed by atoms with Crippen LogP contribution in [0.2, 0.25) is 0 Å². The van der Waals surface area contributed by atoms with Crippen LogP contribution in [0.1, 0.15) is 18.1 Å². The van der Waals surface area contributed by atoms with Crippen molar-refractivity contribution < 1.29 is 24.5 Å². The van der Waals surface area contributed by atoms with Gasteiger partial charge < -0.3 is 14.9 Å². The number of halogens is 2. The molecule has 2 N–H and O–H groups in total. The van der Waals surface area contributed by atoms with Crippen LogP contribution >= 0.6 is 54.3 Å². The van der Waals surface area contributed by atoms with Crippen LogP contribution in [0.25, 0.3) is 0 Å². The van der Waals surface area contributed by atoms with Crippen LogP contribution in [0.4, 0.5) is 0 Å². The molecule has 0 aliphatic rings. The van der Waals surface area contributed by atoms with Crippen molar-refractivity contribution in [1.29, 1.82) is 0 Å². The molecule has 0 bridgehead atoms. The van der Waals surface area contributed by atoms with Gasteiger partial charge in [-0.2, -0.15) is 1.33 Å². The fraction of sp³-hybridized carbons (Fsp3) is 0.222. The molecule has 144 valence electrons. The van der Waals surface area contributed by atoms with Crippen LogP contribution in [-0.2, 0) is 9.59 Å². The lowest BCUT2D eigenvalue weighted by Gasteiger charge is -2.37. The van der Waals surface area contributed by atoms with Gasteiger partial charge in [0.15, 0.2) is 5.78 Å². The summed E-state index contributed by atoms with van der Waals surface area (Å²) in [5.41, 5.74) is -1.39. The van der Waals surface area contributed by atoms with Gasteiger partial charge in [-0.05, 0) is 55.6 Å². The van der Waals surface area contributed by atoms with Crippen molar-refractivity contribution in [3.05, 3.63) is 54.1 Å². The van der Waals surface area contributed by atoms with E-state index >= 15 is 0 Å². The summed E-state index contributed by atoms with van der Waals surface area (Å²) in [6, 6.07) is 13.4. The zero-order valence-corrected chi connectivity index (χ0v) is 19.8. The Labute approximate surface area is 187 Å². The number of carboxylic acid groups (broad SMARTS) is 1. The van der Waals surface area contributed by atoms with Crippen molar-refractivity contribution in [1.82, 2.24) is 1.33 Å². The number of Topliss-reactive ketones (excluding diaryl/α,β-unsaturated/α-hetero) is 1. The lowest BCUT2D eigenvalue weighted by molar-refractivity contribution is -0.150. The summed E-state index contributed by atoms with van der Waals surface area (Å²) in [6.07, 6.45) is 0. The number of rotatable bonds is 8. The lowest BCUT2D eigenvalue weighted by atomic mass is 9.87. The summed E-state index contributed by atoms with van der Waals surface area (Å²) in [7, 11) is 0.203. The van der Waals surface area contributed by atoms with Crippen molar-refractivity contribution in [2.45, 2.75) is 18.1 Å². The molecule has 0 aliphatic heterocycles. The number of ketones is 1. The van der Waals surface area contributed by atoms with Gasteiger partial charge in [-0.25, -0.2) is 4.79 Å². The summed E-state index contributed by atoms with van der Waals surface area (Å²) >= 11 is 3.71. The molecule has 0 radical (unpaired) electrons. The van der Waals surface area contributed by atoms with Crippen LogP contribution in [0.15, 0.2) is 48.5 Å². The van der Waals surface area contributed by atoms with Crippen molar-refractivity contribution in [3.63, 3.8) is 0 Å². The molecule has 0 fully saturated rings. The number of benzene rings is 2. The fourth-order valence-electron chi connectivity index (χ4n) is 2.76. The Balaban J connectivity index is 2.35. The van der Waals surface area contributed by atoms with Crippen LogP contribution in [0.3, 0.4) is 0 Å². The molecule has 0 aliphatic carbocycles. The molecule has 2 aromatic rings. The Bertz CT molecular complexity index is 798. The van der Waals surface area contributed by atoms with Gasteiger partial charge in [0.25, 0.3) is 0 Å². The van der Waals surface area contributed by atoms with E-state index in [4.69, 9.17) is 4.74 Å². The van der Waals surface area contributed by atoms with Gasteiger partial charge >= 0.3 is 5.97 Å². The lowest BCUT2D eigenvalue weighted by Crippen LogP contribution is -2.55. The van der Waals surface area contributed by atoms with Gasteiger partial charge in [0.2, 0.25) is 5.54 Å². The summed E-state index contributed by atoms with van der Waals surface area (Å²) < 4.78 is 7.15. The van der Waals surface area contributed by atoms with Crippen LogP contribution in [0, 0.1) is 0 Å². The number of phenols is 1. The number of hydrogen-bond donors (Lipinski definition) is 2. The average Bonchev–Trinajstić information content (AvgIpc) is 2.61. The number of aliphatic carboxylic acids is 1. The third-order valence-electron chi connectivity index (χ3n) is 4.12. The van der Waals surface area contributed by atoms with Crippen molar-refractivity contribution in [2.75, 3.05) is 6.66 Å². The van der Waals surface area contributed by atoms with Gasteiger partial charge in [-0.3, -0.25) is 4.79 Å². The number of carboxylic acids is 1. The van der Waals surface area contributed by atoms with Gasteiger partial charge in [0, 0.05) is 51.4 Å². The molecule has 0 saturated heterocycles.